The lowest BCUT2D eigenvalue weighted by molar-refractivity contribution is 0.208. The molecule has 1 saturated carbocycles. The molecule has 0 aromatic heterocycles. The highest BCUT2D eigenvalue weighted by Gasteiger charge is 2.38. The number of nitrogens with two attached hydrogens (primary N) is 1. The van der Waals surface area contributed by atoms with E-state index in [1.165, 1.54) is 44.2 Å². The minimum absolute atomic E-state index is 0.443. The van der Waals surface area contributed by atoms with Crippen LogP contribution in [0.1, 0.15) is 49.1 Å². The first-order chi connectivity index (χ1) is 11.7. The molecule has 128 valence electrons. The number of nitrogens with zero attached hydrogens (tertiary/aromatic N) is 2. The molecule has 2 aliphatic heterocycles. The van der Waals surface area contributed by atoms with Crippen molar-refractivity contribution in [2.75, 3.05) is 26.2 Å². The molecule has 1 aromatic rings. The average Bonchev–Trinajstić information content (AvgIpc) is 3.04. The molecule has 4 heteroatoms. The smallest absolute Gasteiger partial charge is 0.122 e. The Kier molecular flexibility index (Phi) is 4.47. The lowest BCUT2D eigenvalue weighted by Crippen LogP contribution is -2.29. The summed E-state index contributed by atoms with van der Waals surface area (Å²) in [5.74, 6) is 2.95. The Morgan fingerprint density at radius 3 is 2.83 bits per heavy atom. The molecule has 0 bridgehead atoms. The molecular weight excluding hydrogens is 298 g/mol. The molecule has 0 spiro atoms. The fraction of sp³-hybridized carbons (Fsp3) is 0.650. The van der Waals surface area contributed by atoms with E-state index in [0.29, 0.717) is 17.9 Å². The van der Waals surface area contributed by atoms with E-state index in [4.69, 9.17) is 15.7 Å². The largest absolute Gasteiger partial charge is 0.493 e. The van der Waals surface area contributed by atoms with Crippen LogP contribution >= 0.6 is 0 Å². The molecule has 0 unspecified atom stereocenters. The molecule has 0 radical (unpaired) electrons. The van der Waals surface area contributed by atoms with Gasteiger partial charge < -0.3 is 15.4 Å². The third-order valence-electron chi connectivity index (χ3n) is 6.25. The van der Waals surface area contributed by atoms with Crippen molar-refractivity contribution in [2.45, 2.75) is 44.1 Å². The van der Waals surface area contributed by atoms with Gasteiger partial charge in [0.1, 0.15) is 5.75 Å². The van der Waals surface area contributed by atoms with Gasteiger partial charge in [-0.1, -0.05) is 0 Å². The maximum Gasteiger partial charge on any atom is 0.122 e. The van der Waals surface area contributed by atoms with Crippen molar-refractivity contribution >= 4 is 0 Å². The summed E-state index contributed by atoms with van der Waals surface area (Å²) in [4.78, 5) is 2.61. The molecule has 2 N–H and O–H groups in total. The number of ether oxygens (including phenoxy) is 1. The molecule has 4 nitrogen and oxygen atoms in total. The van der Waals surface area contributed by atoms with Crippen LogP contribution in [0.3, 0.4) is 0 Å². The van der Waals surface area contributed by atoms with Gasteiger partial charge in [0.25, 0.3) is 0 Å². The first-order valence-electron chi connectivity index (χ1n) is 9.37. The molecule has 0 amide bonds. The van der Waals surface area contributed by atoms with Gasteiger partial charge in [0.15, 0.2) is 0 Å². The van der Waals surface area contributed by atoms with Crippen molar-refractivity contribution in [3.63, 3.8) is 0 Å². The SMILES string of the molecule is N#Cc1ccc2c(c1)[C@@H]1CN(CCC3CCC(N)CC3)C[C@H]1CO2. The van der Waals surface area contributed by atoms with Gasteiger partial charge in [-0.25, -0.2) is 0 Å². The van der Waals surface area contributed by atoms with Crippen molar-refractivity contribution in [3.05, 3.63) is 29.3 Å². The van der Waals surface area contributed by atoms with E-state index in [1.54, 1.807) is 0 Å². The standard InChI is InChI=1S/C20H27N3O/c21-10-15-3-6-20-18(9-15)19-12-23(11-16(19)13-24-20)8-7-14-1-4-17(22)5-2-14/h3,6,9,14,16-17,19H,1-2,4-5,7-8,11-13,22H2/t14?,16-,17?,19+/m0/s1. The van der Waals surface area contributed by atoms with Gasteiger partial charge in [0, 0.05) is 36.5 Å². The second-order valence-electron chi connectivity index (χ2n) is 7.87. The van der Waals surface area contributed by atoms with E-state index < -0.39 is 0 Å². The number of benzene rings is 1. The van der Waals surface area contributed by atoms with Gasteiger partial charge in [-0.2, -0.15) is 5.26 Å². The third kappa shape index (κ3) is 3.16. The van der Waals surface area contributed by atoms with Gasteiger partial charge in [-0.15, -0.1) is 0 Å². The zero-order valence-corrected chi connectivity index (χ0v) is 14.3. The second kappa shape index (κ2) is 6.74. The highest BCUT2D eigenvalue weighted by Crippen LogP contribution is 2.42. The summed E-state index contributed by atoms with van der Waals surface area (Å²) < 4.78 is 5.94. The van der Waals surface area contributed by atoms with Gasteiger partial charge in [-0.3, -0.25) is 0 Å². The summed E-state index contributed by atoms with van der Waals surface area (Å²) in [5.41, 5.74) is 8.01. The van der Waals surface area contributed by atoms with E-state index in [1.807, 2.05) is 18.2 Å². The zero-order chi connectivity index (χ0) is 16.5. The predicted octanol–water partition coefficient (Wildman–Crippen LogP) is 2.87. The summed E-state index contributed by atoms with van der Waals surface area (Å²) in [7, 11) is 0. The Labute approximate surface area is 144 Å². The maximum absolute atomic E-state index is 9.17. The van der Waals surface area contributed by atoms with E-state index in [9.17, 15) is 0 Å². The molecule has 1 aromatic carbocycles. The van der Waals surface area contributed by atoms with Crippen molar-refractivity contribution < 1.29 is 4.74 Å². The van der Waals surface area contributed by atoms with Gasteiger partial charge in [0.05, 0.1) is 18.2 Å². The number of fused-ring (bicyclic) bond motifs is 3. The monoisotopic (exact) mass is 325 g/mol. The van der Waals surface area contributed by atoms with Crippen LogP contribution < -0.4 is 10.5 Å². The molecular formula is C20H27N3O. The fourth-order valence-electron chi connectivity index (χ4n) is 4.74. The van der Waals surface area contributed by atoms with Crippen molar-refractivity contribution in [1.29, 1.82) is 5.26 Å². The number of hydrogen-bond acceptors (Lipinski definition) is 4. The summed E-state index contributed by atoms with van der Waals surface area (Å²) in [5, 5.41) is 9.17. The maximum atomic E-state index is 9.17. The van der Waals surface area contributed by atoms with Gasteiger partial charge in [0.2, 0.25) is 0 Å². The van der Waals surface area contributed by atoms with E-state index in [0.717, 1.165) is 36.9 Å². The number of rotatable bonds is 3. The van der Waals surface area contributed by atoms with Crippen molar-refractivity contribution in [1.82, 2.24) is 4.90 Å². The quantitative estimate of drug-likeness (QED) is 0.928. The minimum atomic E-state index is 0.443. The molecule has 2 atom stereocenters. The van der Waals surface area contributed by atoms with Crippen molar-refractivity contribution in [3.8, 4) is 11.8 Å². The topological polar surface area (TPSA) is 62.3 Å². The summed E-state index contributed by atoms with van der Waals surface area (Å²) in [6.45, 7) is 4.26. The Balaban J connectivity index is 1.38. The van der Waals surface area contributed by atoms with Gasteiger partial charge in [-0.05, 0) is 62.8 Å². The van der Waals surface area contributed by atoms with Gasteiger partial charge >= 0.3 is 0 Å². The third-order valence-corrected chi connectivity index (χ3v) is 6.25. The molecule has 1 saturated heterocycles. The lowest BCUT2D eigenvalue weighted by atomic mass is 9.84. The molecule has 24 heavy (non-hydrogen) atoms. The molecule has 2 heterocycles. The predicted molar refractivity (Wildman–Crippen MR) is 93.9 cm³/mol. The zero-order valence-electron chi connectivity index (χ0n) is 14.3. The minimum Gasteiger partial charge on any atom is -0.493 e. The second-order valence-corrected chi connectivity index (χ2v) is 7.87. The number of likely N-dealkylation sites (tertiary alicyclic amines) is 1. The normalized spacial score (nSPS) is 32.5. The van der Waals surface area contributed by atoms with Crippen LogP contribution in [0, 0.1) is 23.2 Å². The van der Waals surface area contributed by atoms with Crippen LogP contribution in [0.5, 0.6) is 5.75 Å². The van der Waals surface area contributed by atoms with Crippen LogP contribution in [0.2, 0.25) is 0 Å². The molecule has 3 aliphatic rings. The Hall–Kier alpha value is -1.57. The highest BCUT2D eigenvalue weighted by atomic mass is 16.5. The number of nitriles is 1. The Bertz CT molecular complexity index is 630. The first kappa shape index (κ1) is 15.9. The molecule has 2 fully saturated rings. The molecule has 4 rings (SSSR count). The fourth-order valence-corrected chi connectivity index (χ4v) is 4.74. The van der Waals surface area contributed by atoms with Crippen LogP contribution in [0.25, 0.3) is 0 Å². The summed E-state index contributed by atoms with van der Waals surface area (Å²) in [6, 6.07) is 8.57. The van der Waals surface area contributed by atoms with Crippen LogP contribution in [0.4, 0.5) is 0 Å². The Morgan fingerprint density at radius 1 is 1.21 bits per heavy atom. The van der Waals surface area contributed by atoms with Crippen LogP contribution in [-0.2, 0) is 0 Å². The number of hydrogen-bond donors (Lipinski definition) is 1. The van der Waals surface area contributed by atoms with Crippen LogP contribution in [-0.4, -0.2) is 37.2 Å². The van der Waals surface area contributed by atoms with E-state index in [2.05, 4.69) is 11.0 Å². The molecule has 1 aliphatic carbocycles. The Morgan fingerprint density at radius 2 is 2.04 bits per heavy atom. The lowest BCUT2D eigenvalue weighted by Gasteiger charge is -2.27. The van der Waals surface area contributed by atoms with E-state index in [-0.39, 0.29) is 0 Å². The average molecular weight is 325 g/mol. The summed E-state index contributed by atoms with van der Waals surface area (Å²) in [6.07, 6.45) is 6.32. The highest BCUT2D eigenvalue weighted by molar-refractivity contribution is 5.46. The van der Waals surface area contributed by atoms with E-state index >= 15 is 0 Å². The summed E-state index contributed by atoms with van der Waals surface area (Å²) >= 11 is 0. The van der Waals surface area contributed by atoms with Crippen molar-refractivity contribution in [2.24, 2.45) is 17.6 Å². The first-order valence-corrected chi connectivity index (χ1v) is 9.37. The van der Waals surface area contributed by atoms with Crippen LogP contribution in [0.15, 0.2) is 18.2 Å².